The van der Waals surface area contributed by atoms with Crippen LogP contribution in [-0.2, 0) is 33.3 Å². The van der Waals surface area contributed by atoms with Crippen molar-refractivity contribution < 1.29 is 38.4 Å². The summed E-state index contributed by atoms with van der Waals surface area (Å²) >= 11 is 0. The molecule has 27 heavy (non-hydrogen) atoms. The highest BCUT2D eigenvalue weighted by Crippen LogP contribution is 2.31. The molecule has 1 saturated heterocycles. The fourth-order valence-corrected chi connectivity index (χ4v) is 2.76. The molecule has 1 rings (SSSR count). The molecule has 1 aliphatic rings. The van der Waals surface area contributed by atoms with Crippen LogP contribution in [0.2, 0.25) is 0 Å². The van der Waals surface area contributed by atoms with E-state index in [-0.39, 0.29) is 12.5 Å². The van der Waals surface area contributed by atoms with Crippen molar-refractivity contribution in [3.8, 4) is 0 Å². The maximum absolute atomic E-state index is 12.4. The van der Waals surface area contributed by atoms with Gasteiger partial charge in [-0.1, -0.05) is 13.8 Å². The van der Waals surface area contributed by atoms with Gasteiger partial charge in [-0.2, -0.15) is 0 Å². The Hall–Kier alpha value is -1.67. The van der Waals surface area contributed by atoms with Gasteiger partial charge >= 0.3 is 17.9 Å². The second kappa shape index (κ2) is 9.50. The van der Waals surface area contributed by atoms with Crippen LogP contribution < -0.4 is 0 Å². The summed E-state index contributed by atoms with van der Waals surface area (Å²) in [7, 11) is 0. The Morgan fingerprint density at radius 3 is 2.04 bits per heavy atom. The summed E-state index contributed by atoms with van der Waals surface area (Å²) in [5.74, 6) is -1.44. The molecule has 0 amide bonds. The van der Waals surface area contributed by atoms with Crippen molar-refractivity contribution in [1.29, 1.82) is 0 Å². The monoisotopic (exact) mass is 388 g/mol. The van der Waals surface area contributed by atoms with Gasteiger partial charge in [0.2, 0.25) is 0 Å². The zero-order valence-corrected chi connectivity index (χ0v) is 17.2. The van der Waals surface area contributed by atoms with Crippen molar-refractivity contribution in [1.82, 2.24) is 0 Å². The van der Waals surface area contributed by atoms with Gasteiger partial charge in [0.15, 0.2) is 12.2 Å². The van der Waals surface area contributed by atoms with Gasteiger partial charge < -0.3 is 24.1 Å². The number of esters is 3. The summed E-state index contributed by atoms with van der Waals surface area (Å²) in [5.41, 5.74) is -0.775. The Morgan fingerprint density at radius 1 is 1.00 bits per heavy atom. The van der Waals surface area contributed by atoms with Crippen LogP contribution in [0.5, 0.6) is 0 Å². The van der Waals surface area contributed by atoms with Crippen LogP contribution in [0, 0.1) is 11.3 Å². The number of rotatable bonds is 6. The van der Waals surface area contributed by atoms with E-state index >= 15 is 0 Å². The van der Waals surface area contributed by atoms with Crippen molar-refractivity contribution in [2.24, 2.45) is 11.3 Å². The van der Waals surface area contributed by atoms with Gasteiger partial charge in [-0.3, -0.25) is 14.4 Å². The zero-order valence-electron chi connectivity index (χ0n) is 17.2. The number of carbonyl (C=O) groups is 3. The maximum Gasteiger partial charge on any atom is 0.311 e. The normalized spacial score (nSPS) is 28.6. The summed E-state index contributed by atoms with van der Waals surface area (Å²) in [6.07, 6.45) is -4.41. The maximum atomic E-state index is 12.4. The lowest BCUT2D eigenvalue weighted by atomic mass is 9.89. The van der Waals surface area contributed by atoms with E-state index in [1.165, 1.54) is 13.8 Å². The minimum absolute atomic E-state index is 0.188. The van der Waals surface area contributed by atoms with Crippen molar-refractivity contribution in [3.63, 3.8) is 0 Å². The molecule has 0 unspecified atom stereocenters. The highest BCUT2D eigenvalue weighted by molar-refractivity contribution is 5.75. The van der Waals surface area contributed by atoms with Gasteiger partial charge in [0, 0.05) is 13.8 Å². The standard InChI is InChI=1S/C19H32O8/c1-10(2)8-13-16(27-18(23)19(5,6)7)17(25-12(4)21)15(22)14(26-13)9-24-11(3)20/h10,13-17,22H,8-9H2,1-7H3/t13-,14-,15-,16+,17-/m1/s1. The molecule has 1 N–H and O–H groups in total. The summed E-state index contributed by atoms with van der Waals surface area (Å²) in [4.78, 5) is 35.1. The molecule has 0 bridgehead atoms. The number of carbonyl (C=O) groups excluding carboxylic acids is 3. The average Bonchev–Trinajstić information content (AvgIpc) is 2.49. The molecule has 8 heteroatoms. The number of hydrogen-bond donors (Lipinski definition) is 1. The Morgan fingerprint density at radius 2 is 1.59 bits per heavy atom. The predicted molar refractivity (Wildman–Crippen MR) is 95.6 cm³/mol. The second-order valence-corrected chi connectivity index (χ2v) is 8.33. The molecule has 0 radical (unpaired) electrons. The molecule has 0 spiro atoms. The third kappa shape index (κ3) is 7.10. The van der Waals surface area contributed by atoms with Crippen molar-refractivity contribution in [3.05, 3.63) is 0 Å². The van der Waals surface area contributed by atoms with E-state index in [0.717, 1.165) is 0 Å². The lowest BCUT2D eigenvalue weighted by molar-refractivity contribution is -0.251. The first-order valence-electron chi connectivity index (χ1n) is 9.18. The van der Waals surface area contributed by atoms with Gasteiger partial charge in [-0.15, -0.1) is 0 Å². The van der Waals surface area contributed by atoms with Crippen LogP contribution in [0.25, 0.3) is 0 Å². The minimum Gasteiger partial charge on any atom is -0.463 e. The molecule has 1 heterocycles. The average molecular weight is 388 g/mol. The molecule has 156 valence electrons. The molecule has 0 aromatic rings. The van der Waals surface area contributed by atoms with Crippen LogP contribution in [0.1, 0.15) is 54.9 Å². The van der Waals surface area contributed by atoms with E-state index < -0.39 is 53.8 Å². The van der Waals surface area contributed by atoms with Crippen LogP contribution in [-0.4, -0.2) is 60.1 Å². The first kappa shape index (κ1) is 23.4. The molecule has 0 aromatic heterocycles. The molecule has 0 aliphatic carbocycles. The second-order valence-electron chi connectivity index (χ2n) is 8.33. The molecule has 1 aliphatic heterocycles. The number of aliphatic hydroxyl groups excluding tert-OH is 1. The van der Waals surface area contributed by atoms with E-state index in [9.17, 15) is 19.5 Å². The van der Waals surface area contributed by atoms with E-state index in [1.807, 2.05) is 13.8 Å². The van der Waals surface area contributed by atoms with Crippen LogP contribution in [0.4, 0.5) is 0 Å². The smallest absolute Gasteiger partial charge is 0.311 e. The Kier molecular flexibility index (Phi) is 8.23. The van der Waals surface area contributed by atoms with Gasteiger partial charge in [0.05, 0.1) is 11.5 Å². The molecule has 8 nitrogen and oxygen atoms in total. The fourth-order valence-electron chi connectivity index (χ4n) is 2.76. The summed E-state index contributed by atoms with van der Waals surface area (Å²) in [6.45, 7) is 11.3. The largest absolute Gasteiger partial charge is 0.463 e. The molecule has 0 aromatic carbocycles. The quantitative estimate of drug-likeness (QED) is 0.540. The van der Waals surface area contributed by atoms with Gasteiger partial charge in [0.1, 0.15) is 18.8 Å². The van der Waals surface area contributed by atoms with Crippen LogP contribution in [0.15, 0.2) is 0 Å². The number of aliphatic hydroxyl groups is 1. The molecule has 0 saturated carbocycles. The van der Waals surface area contributed by atoms with Crippen LogP contribution >= 0.6 is 0 Å². The van der Waals surface area contributed by atoms with E-state index in [1.54, 1.807) is 20.8 Å². The molecular formula is C19H32O8. The Bertz CT molecular complexity index is 536. The Labute approximate surface area is 160 Å². The zero-order chi connectivity index (χ0) is 20.9. The predicted octanol–water partition coefficient (Wildman–Crippen LogP) is 1.61. The molecule has 1 fully saturated rings. The van der Waals surface area contributed by atoms with Crippen molar-refractivity contribution in [2.45, 2.75) is 85.4 Å². The highest BCUT2D eigenvalue weighted by atomic mass is 16.6. The number of hydrogen-bond acceptors (Lipinski definition) is 8. The van der Waals surface area contributed by atoms with Crippen molar-refractivity contribution >= 4 is 17.9 Å². The van der Waals surface area contributed by atoms with Crippen LogP contribution in [0.3, 0.4) is 0 Å². The lowest BCUT2D eigenvalue weighted by Gasteiger charge is -2.44. The highest BCUT2D eigenvalue weighted by Gasteiger charge is 2.50. The minimum atomic E-state index is -1.31. The molecule has 5 atom stereocenters. The topological polar surface area (TPSA) is 108 Å². The van der Waals surface area contributed by atoms with Gasteiger partial charge in [-0.25, -0.2) is 0 Å². The summed E-state index contributed by atoms with van der Waals surface area (Å²) < 4.78 is 21.8. The number of ether oxygens (including phenoxy) is 4. The van der Waals surface area contributed by atoms with Gasteiger partial charge in [0.25, 0.3) is 0 Å². The third-order valence-corrected chi connectivity index (χ3v) is 4.07. The first-order valence-corrected chi connectivity index (χ1v) is 9.18. The third-order valence-electron chi connectivity index (χ3n) is 4.07. The Balaban J connectivity index is 3.15. The SMILES string of the molecule is CC(=O)OC[C@H]1O[C@H](CC(C)C)[C@H](OC(=O)C(C)(C)C)[C@H](OC(C)=O)[C@@H]1O. The van der Waals surface area contributed by atoms with Gasteiger partial charge in [-0.05, 0) is 33.1 Å². The van der Waals surface area contributed by atoms with Crippen molar-refractivity contribution in [2.75, 3.05) is 6.61 Å². The summed E-state index contributed by atoms with van der Waals surface area (Å²) in [5, 5.41) is 10.6. The first-order chi connectivity index (χ1) is 12.3. The molecular weight excluding hydrogens is 356 g/mol. The fraction of sp³-hybridized carbons (Fsp3) is 0.842. The van der Waals surface area contributed by atoms with E-state index in [0.29, 0.717) is 6.42 Å². The van der Waals surface area contributed by atoms with E-state index in [2.05, 4.69) is 0 Å². The van der Waals surface area contributed by atoms with E-state index in [4.69, 9.17) is 18.9 Å². The lowest BCUT2D eigenvalue weighted by Crippen LogP contribution is -2.61. The summed E-state index contributed by atoms with van der Waals surface area (Å²) in [6, 6.07) is 0.